The quantitative estimate of drug-likeness (QED) is 0.674. The summed E-state index contributed by atoms with van der Waals surface area (Å²) in [7, 11) is 1.60. The van der Waals surface area contributed by atoms with Crippen LogP contribution in [0.1, 0.15) is 43.0 Å². The molecule has 0 bridgehead atoms. The van der Waals surface area contributed by atoms with Crippen LogP contribution in [0.15, 0.2) is 46.6 Å². The summed E-state index contributed by atoms with van der Waals surface area (Å²) in [5.41, 5.74) is 8.25. The van der Waals surface area contributed by atoms with Gasteiger partial charge in [-0.1, -0.05) is 12.1 Å². The second-order valence-corrected chi connectivity index (χ2v) is 7.78. The third-order valence-corrected chi connectivity index (χ3v) is 6.05. The van der Waals surface area contributed by atoms with E-state index in [2.05, 4.69) is 19.9 Å². The molecule has 1 aliphatic heterocycles. The fourth-order valence-corrected chi connectivity index (χ4v) is 4.18. The Morgan fingerprint density at radius 1 is 1.26 bits per heavy atom. The number of benzene rings is 1. The molecule has 0 radical (unpaired) electrons. The Morgan fingerprint density at radius 3 is 2.52 bits per heavy atom. The first-order valence-corrected chi connectivity index (χ1v) is 10.7. The van der Waals surface area contributed by atoms with E-state index in [1.807, 2.05) is 37.3 Å². The summed E-state index contributed by atoms with van der Waals surface area (Å²) in [5.74, 6) is 0.585. The van der Waals surface area contributed by atoms with Gasteiger partial charge in [0.05, 0.1) is 38.2 Å². The number of quaternary nitrogens is 1. The SMILES string of the molecule is CC[NH+](CC)CCCn1c(C)cc2c(c1=O)[C@H](c1ccc(OC)cc1)C(C#N)=C(N)O2. The number of hydrogen-bond acceptors (Lipinski definition) is 5. The summed E-state index contributed by atoms with van der Waals surface area (Å²) in [6, 6.07) is 11.3. The van der Waals surface area contributed by atoms with Crippen molar-refractivity contribution in [3.63, 3.8) is 0 Å². The maximum Gasteiger partial charge on any atom is 0.258 e. The third-order valence-electron chi connectivity index (χ3n) is 6.05. The van der Waals surface area contributed by atoms with Crippen LogP contribution in [-0.2, 0) is 6.54 Å². The van der Waals surface area contributed by atoms with Crippen LogP contribution >= 0.6 is 0 Å². The van der Waals surface area contributed by atoms with Crippen molar-refractivity contribution >= 4 is 0 Å². The molecule has 0 saturated heterocycles. The predicted octanol–water partition coefficient (Wildman–Crippen LogP) is 1.70. The Morgan fingerprint density at radius 2 is 1.94 bits per heavy atom. The number of nitrogens with one attached hydrogen (secondary N) is 1. The summed E-state index contributed by atoms with van der Waals surface area (Å²) in [6.45, 7) is 10.0. The summed E-state index contributed by atoms with van der Waals surface area (Å²) in [5, 5.41) is 9.79. The van der Waals surface area contributed by atoms with Gasteiger partial charge in [0.1, 0.15) is 23.1 Å². The van der Waals surface area contributed by atoms with E-state index in [9.17, 15) is 10.1 Å². The van der Waals surface area contributed by atoms with E-state index < -0.39 is 5.92 Å². The largest absolute Gasteiger partial charge is 0.497 e. The number of hydrogen-bond donors (Lipinski definition) is 2. The minimum absolute atomic E-state index is 0.0394. The average molecular weight is 424 g/mol. The smallest absolute Gasteiger partial charge is 0.258 e. The molecule has 1 atom stereocenters. The summed E-state index contributed by atoms with van der Waals surface area (Å²) in [6.07, 6.45) is 0.897. The number of ether oxygens (including phenoxy) is 2. The Kier molecular flexibility index (Phi) is 7.03. The zero-order valence-electron chi connectivity index (χ0n) is 18.7. The van der Waals surface area contributed by atoms with Crippen molar-refractivity contribution in [2.75, 3.05) is 26.7 Å². The molecular formula is C24H31N4O3+. The minimum Gasteiger partial charge on any atom is -0.497 e. The molecule has 0 unspecified atom stereocenters. The lowest BCUT2D eigenvalue weighted by molar-refractivity contribution is -0.896. The number of nitrogens with zero attached hydrogens (tertiary/aromatic N) is 2. The van der Waals surface area contributed by atoms with Crippen LogP contribution < -0.4 is 25.7 Å². The molecule has 7 nitrogen and oxygen atoms in total. The lowest BCUT2D eigenvalue weighted by atomic mass is 9.84. The first-order valence-electron chi connectivity index (χ1n) is 10.7. The second kappa shape index (κ2) is 9.71. The zero-order chi connectivity index (χ0) is 22.5. The predicted molar refractivity (Wildman–Crippen MR) is 119 cm³/mol. The van der Waals surface area contributed by atoms with Gasteiger partial charge in [0.25, 0.3) is 5.56 Å². The lowest BCUT2D eigenvalue weighted by Crippen LogP contribution is -3.11. The molecule has 3 N–H and O–H groups in total. The number of nitrogens with two attached hydrogens (primary N) is 1. The van der Waals surface area contributed by atoms with Crippen molar-refractivity contribution in [1.82, 2.24) is 4.57 Å². The number of aryl methyl sites for hydroxylation is 1. The van der Waals surface area contributed by atoms with Crippen LogP contribution in [0.3, 0.4) is 0 Å². The first kappa shape index (κ1) is 22.4. The molecule has 0 saturated carbocycles. The van der Waals surface area contributed by atoms with Crippen molar-refractivity contribution in [2.45, 2.75) is 39.7 Å². The number of pyridine rings is 1. The van der Waals surface area contributed by atoms with Gasteiger partial charge in [-0.15, -0.1) is 0 Å². The number of allylic oxidation sites excluding steroid dienone is 1. The fraction of sp³-hybridized carbons (Fsp3) is 0.417. The molecule has 2 heterocycles. The second-order valence-electron chi connectivity index (χ2n) is 7.78. The Hall–Kier alpha value is -3.24. The van der Waals surface area contributed by atoms with Gasteiger partial charge in [0.2, 0.25) is 5.88 Å². The number of fused-ring (bicyclic) bond motifs is 1. The first-order chi connectivity index (χ1) is 14.9. The van der Waals surface area contributed by atoms with E-state index in [1.165, 1.54) is 4.90 Å². The van der Waals surface area contributed by atoms with E-state index in [-0.39, 0.29) is 17.0 Å². The monoisotopic (exact) mass is 423 g/mol. The molecule has 2 aromatic rings. The molecule has 164 valence electrons. The van der Waals surface area contributed by atoms with Crippen LogP contribution in [-0.4, -0.2) is 31.3 Å². The van der Waals surface area contributed by atoms with Crippen molar-refractivity contribution in [3.05, 3.63) is 69.0 Å². The number of nitriles is 1. The van der Waals surface area contributed by atoms with Crippen LogP contribution in [0, 0.1) is 18.3 Å². The van der Waals surface area contributed by atoms with Gasteiger partial charge >= 0.3 is 0 Å². The molecule has 1 aliphatic rings. The molecule has 31 heavy (non-hydrogen) atoms. The number of aromatic nitrogens is 1. The summed E-state index contributed by atoms with van der Waals surface area (Å²) >= 11 is 0. The minimum atomic E-state index is -0.576. The molecule has 7 heteroatoms. The fourth-order valence-electron chi connectivity index (χ4n) is 4.18. The Bertz CT molecular complexity index is 1060. The molecule has 1 aromatic carbocycles. The topological polar surface area (TPSA) is 94.7 Å². The van der Waals surface area contributed by atoms with E-state index in [1.54, 1.807) is 11.7 Å². The molecule has 0 spiro atoms. The van der Waals surface area contributed by atoms with Crippen LogP contribution in [0.25, 0.3) is 0 Å². The molecule has 0 fully saturated rings. The zero-order valence-corrected chi connectivity index (χ0v) is 18.7. The third kappa shape index (κ3) is 4.44. The normalized spacial score (nSPS) is 15.4. The number of methoxy groups -OCH3 is 1. The van der Waals surface area contributed by atoms with Gasteiger partial charge in [-0.05, 0) is 38.5 Å². The highest BCUT2D eigenvalue weighted by molar-refractivity contribution is 5.55. The van der Waals surface area contributed by atoms with E-state index in [0.717, 1.165) is 37.3 Å². The van der Waals surface area contributed by atoms with Crippen LogP contribution in [0.4, 0.5) is 0 Å². The van der Waals surface area contributed by atoms with Gasteiger partial charge in [-0.2, -0.15) is 5.26 Å². The van der Waals surface area contributed by atoms with E-state index in [0.29, 0.717) is 23.6 Å². The molecule has 1 aromatic heterocycles. The molecular weight excluding hydrogens is 392 g/mol. The lowest BCUT2D eigenvalue weighted by Gasteiger charge is -2.27. The maximum absolute atomic E-state index is 13.6. The van der Waals surface area contributed by atoms with Crippen molar-refractivity contribution in [3.8, 4) is 17.6 Å². The van der Waals surface area contributed by atoms with Crippen LogP contribution in [0.2, 0.25) is 0 Å². The van der Waals surface area contributed by atoms with E-state index in [4.69, 9.17) is 15.2 Å². The van der Waals surface area contributed by atoms with Gasteiger partial charge in [0.15, 0.2) is 0 Å². The highest BCUT2D eigenvalue weighted by Crippen LogP contribution is 2.40. The molecule has 0 amide bonds. The summed E-state index contributed by atoms with van der Waals surface area (Å²) < 4.78 is 12.8. The molecule has 3 rings (SSSR count). The average Bonchev–Trinajstić information content (AvgIpc) is 2.77. The highest BCUT2D eigenvalue weighted by Gasteiger charge is 2.34. The van der Waals surface area contributed by atoms with Crippen molar-refractivity contribution in [1.29, 1.82) is 5.26 Å². The van der Waals surface area contributed by atoms with E-state index >= 15 is 0 Å². The van der Waals surface area contributed by atoms with Crippen molar-refractivity contribution < 1.29 is 14.4 Å². The Balaban J connectivity index is 2.06. The van der Waals surface area contributed by atoms with Gasteiger partial charge in [-0.25, -0.2) is 0 Å². The van der Waals surface area contributed by atoms with Crippen molar-refractivity contribution in [2.24, 2.45) is 5.73 Å². The van der Waals surface area contributed by atoms with Crippen LogP contribution in [0.5, 0.6) is 11.5 Å². The Labute approximate surface area is 183 Å². The molecule has 0 aliphatic carbocycles. The highest BCUT2D eigenvalue weighted by atomic mass is 16.5. The number of rotatable bonds is 8. The van der Waals surface area contributed by atoms with Gasteiger partial charge in [-0.3, -0.25) is 4.79 Å². The maximum atomic E-state index is 13.6. The van der Waals surface area contributed by atoms with Gasteiger partial charge < -0.3 is 24.7 Å². The standard InChI is InChI=1S/C24H30N4O3/c1-5-27(6-2)12-7-13-28-16(3)14-20-22(24(28)29)21(19(15-25)23(26)31-20)17-8-10-18(30-4)11-9-17/h8-11,14,21H,5-7,12-13,26H2,1-4H3/p+1/t21-/m1/s1. The van der Waals surface area contributed by atoms with Gasteiger partial charge in [0, 0.05) is 24.7 Å². The summed E-state index contributed by atoms with van der Waals surface area (Å²) in [4.78, 5) is 15.1.